The third-order valence-electron chi connectivity index (χ3n) is 1.69. The Balaban J connectivity index is 2.90. The molecule has 5 heteroatoms. The Labute approximate surface area is 89.2 Å². The molecular formula is C9H9BrFNO2. The molecule has 0 heterocycles. The Hall–Kier alpha value is -1.10. The van der Waals surface area contributed by atoms with Crippen molar-refractivity contribution in [1.29, 1.82) is 0 Å². The van der Waals surface area contributed by atoms with Crippen molar-refractivity contribution in [1.82, 2.24) is 0 Å². The van der Waals surface area contributed by atoms with Gasteiger partial charge in [0, 0.05) is 10.0 Å². The number of nitrogens with two attached hydrogens (primary N) is 1. The van der Waals surface area contributed by atoms with Crippen LogP contribution in [-0.2, 0) is 4.74 Å². The van der Waals surface area contributed by atoms with E-state index >= 15 is 0 Å². The Kier molecular flexibility index (Phi) is 3.46. The molecule has 0 aromatic heterocycles. The molecule has 76 valence electrons. The van der Waals surface area contributed by atoms with Crippen LogP contribution in [0.15, 0.2) is 22.7 Å². The van der Waals surface area contributed by atoms with E-state index in [1.807, 2.05) is 0 Å². The van der Waals surface area contributed by atoms with E-state index < -0.39 is 18.0 Å². The zero-order valence-electron chi connectivity index (χ0n) is 7.46. The van der Waals surface area contributed by atoms with Gasteiger partial charge in [0.05, 0.1) is 0 Å². The number of carbonyl (C=O) groups excluding carboxylic acids is 1. The van der Waals surface area contributed by atoms with Crippen LogP contribution in [0.5, 0.6) is 0 Å². The highest BCUT2D eigenvalue weighted by atomic mass is 79.9. The van der Waals surface area contributed by atoms with Crippen LogP contribution in [0.3, 0.4) is 0 Å². The van der Waals surface area contributed by atoms with Gasteiger partial charge in [-0.3, -0.25) is 0 Å². The second-order valence-corrected chi connectivity index (χ2v) is 3.66. The fraction of sp³-hybridized carbons (Fsp3) is 0.222. The number of rotatable bonds is 2. The van der Waals surface area contributed by atoms with Gasteiger partial charge in [-0.1, -0.05) is 22.0 Å². The first-order chi connectivity index (χ1) is 6.50. The molecule has 2 N–H and O–H groups in total. The van der Waals surface area contributed by atoms with E-state index in [1.165, 1.54) is 12.1 Å². The lowest BCUT2D eigenvalue weighted by atomic mass is 10.1. The highest BCUT2D eigenvalue weighted by Gasteiger charge is 2.13. The van der Waals surface area contributed by atoms with E-state index in [0.717, 1.165) is 0 Å². The topological polar surface area (TPSA) is 52.3 Å². The predicted octanol–water partition coefficient (Wildman–Crippen LogP) is 2.74. The van der Waals surface area contributed by atoms with Crippen molar-refractivity contribution in [3.63, 3.8) is 0 Å². The lowest BCUT2D eigenvalue weighted by Crippen LogP contribution is -2.16. The zero-order valence-corrected chi connectivity index (χ0v) is 9.05. The third-order valence-corrected chi connectivity index (χ3v) is 2.19. The highest BCUT2D eigenvalue weighted by Crippen LogP contribution is 2.23. The molecule has 0 bridgehead atoms. The quantitative estimate of drug-likeness (QED) is 0.890. The minimum Gasteiger partial charge on any atom is -0.442 e. The summed E-state index contributed by atoms with van der Waals surface area (Å²) in [5.74, 6) is -0.437. The standard InChI is InChI=1S/C9H9BrFNO2/c1-5(14-9(12)13)7-3-2-6(10)4-8(7)11/h2-5H,1H3,(H2,12,13). The lowest BCUT2D eigenvalue weighted by molar-refractivity contribution is 0.114. The van der Waals surface area contributed by atoms with E-state index in [1.54, 1.807) is 13.0 Å². The largest absolute Gasteiger partial charge is 0.442 e. The molecule has 0 saturated heterocycles. The molecule has 1 amide bonds. The first kappa shape index (κ1) is 11.0. The fourth-order valence-electron chi connectivity index (χ4n) is 1.07. The highest BCUT2D eigenvalue weighted by molar-refractivity contribution is 9.10. The van der Waals surface area contributed by atoms with Gasteiger partial charge in [0.2, 0.25) is 0 Å². The maximum absolute atomic E-state index is 13.3. The van der Waals surface area contributed by atoms with Crippen LogP contribution in [0.4, 0.5) is 9.18 Å². The molecule has 0 spiro atoms. The van der Waals surface area contributed by atoms with Crippen LogP contribution in [0.25, 0.3) is 0 Å². The minimum absolute atomic E-state index is 0.298. The second kappa shape index (κ2) is 4.41. The minimum atomic E-state index is -0.917. The molecule has 1 unspecified atom stereocenters. The van der Waals surface area contributed by atoms with Crippen LogP contribution in [0.1, 0.15) is 18.6 Å². The van der Waals surface area contributed by atoms with Crippen molar-refractivity contribution in [2.45, 2.75) is 13.0 Å². The Morgan fingerprint density at radius 1 is 1.64 bits per heavy atom. The van der Waals surface area contributed by atoms with E-state index in [4.69, 9.17) is 5.73 Å². The maximum atomic E-state index is 13.3. The first-order valence-electron chi connectivity index (χ1n) is 3.91. The molecule has 0 fully saturated rings. The summed E-state index contributed by atoms with van der Waals surface area (Å²) < 4.78 is 18.6. The average Bonchev–Trinajstić information content (AvgIpc) is 2.01. The van der Waals surface area contributed by atoms with E-state index in [0.29, 0.717) is 10.0 Å². The molecule has 0 radical (unpaired) electrons. The summed E-state index contributed by atoms with van der Waals surface area (Å²) >= 11 is 3.12. The number of hydrogen-bond acceptors (Lipinski definition) is 2. The Bertz CT molecular complexity index is 357. The summed E-state index contributed by atoms with van der Waals surface area (Å²) in [5.41, 5.74) is 5.12. The van der Waals surface area contributed by atoms with Crippen molar-refractivity contribution < 1.29 is 13.9 Å². The number of halogens is 2. The van der Waals surface area contributed by atoms with Crippen LogP contribution in [-0.4, -0.2) is 6.09 Å². The smallest absolute Gasteiger partial charge is 0.405 e. The number of benzene rings is 1. The SMILES string of the molecule is CC(OC(N)=O)c1ccc(Br)cc1F. The summed E-state index contributed by atoms with van der Waals surface area (Å²) in [6.07, 6.45) is -1.60. The third kappa shape index (κ3) is 2.70. The first-order valence-corrected chi connectivity index (χ1v) is 4.71. The van der Waals surface area contributed by atoms with Crippen molar-refractivity contribution in [2.24, 2.45) is 5.73 Å². The normalized spacial score (nSPS) is 12.2. The number of hydrogen-bond donors (Lipinski definition) is 1. The molecule has 0 saturated carbocycles. The molecule has 0 aliphatic heterocycles. The van der Waals surface area contributed by atoms with Crippen LogP contribution in [0.2, 0.25) is 0 Å². The van der Waals surface area contributed by atoms with E-state index in [9.17, 15) is 9.18 Å². The summed E-state index contributed by atoms with van der Waals surface area (Å²) in [4.78, 5) is 10.4. The molecule has 14 heavy (non-hydrogen) atoms. The summed E-state index contributed by atoms with van der Waals surface area (Å²) in [6, 6.07) is 4.50. The summed E-state index contributed by atoms with van der Waals surface area (Å²) in [5, 5.41) is 0. The average molecular weight is 262 g/mol. The summed E-state index contributed by atoms with van der Waals surface area (Å²) in [7, 11) is 0. The van der Waals surface area contributed by atoms with Gasteiger partial charge in [-0.15, -0.1) is 0 Å². The van der Waals surface area contributed by atoms with E-state index in [2.05, 4.69) is 20.7 Å². The predicted molar refractivity (Wildman–Crippen MR) is 53.2 cm³/mol. The number of amides is 1. The van der Waals surface area contributed by atoms with Crippen molar-refractivity contribution >= 4 is 22.0 Å². The van der Waals surface area contributed by atoms with Crippen molar-refractivity contribution in [3.05, 3.63) is 34.1 Å². The Morgan fingerprint density at radius 2 is 2.29 bits per heavy atom. The Morgan fingerprint density at radius 3 is 2.79 bits per heavy atom. The zero-order chi connectivity index (χ0) is 10.7. The lowest BCUT2D eigenvalue weighted by Gasteiger charge is -2.12. The van der Waals surface area contributed by atoms with Crippen molar-refractivity contribution in [2.75, 3.05) is 0 Å². The van der Waals surface area contributed by atoms with Crippen LogP contribution in [0, 0.1) is 5.82 Å². The molecule has 1 aromatic rings. The fourth-order valence-corrected chi connectivity index (χ4v) is 1.40. The van der Waals surface area contributed by atoms with Gasteiger partial charge in [0.15, 0.2) is 0 Å². The number of ether oxygens (including phenoxy) is 1. The van der Waals surface area contributed by atoms with E-state index in [-0.39, 0.29) is 0 Å². The monoisotopic (exact) mass is 261 g/mol. The molecule has 1 rings (SSSR count). The van der Waals surface area contributed by atoms with Gasteiger partial charge < -0.3 is 10.5 Å². The molecule has 0 aliphatic carbocycles. The van der Waals surface area contributed by atoms with Crippen LogP contribution >= 0.6 is 15.9 Å². The molecule has 1 atom stereocenters. The number of carbonyl (C=O) groups is 1. The van der Waals surface area contributed by atoms with Crippen LogP contribution < -0.4 is 5.73 Å². The van der Waals surface area contributed by atoms with Gasteiger partial charge >= 0.3 is 6.09 Å². The van der Waals surface area contributed by atoms with Gasteiger partial charge in [-0.2, -0.15) is 0 Å². The summed E-state index contributed by atoms with van der Waals surface area (Å²) in [6.45, 7) is 1.55. The second-order valence-electron chi connectivity index (χ2n) is 2.74. The molecule has 1 aromatic carbocycles. The van der Waals surface area contributed by atoms with Crippen molar-refractivity contribution in [3.8, 4) is 0 Å². The van der Waals surface area contributed by atoms with Gasteiger partial charge in [0.1, 0.15) is 11.9 Å². The van der Waals surface area contributed by atoms with Gasteiger partial charge in [-0.25, -0.2) is 9.18 Å². The molecule has 3 nitrogen and oxygen atoms in total. The number of primary amides is 1. The maximum Gasteiger partial charge on any atom is 0.405 e. The molecular weight excluding hydrogens is 253 g/mol. The van der Waals surface area contributed by atoms with Gasteiger partial charge in [-0.05, 0) is 19.1 Å². The van der Waals surface area contributed by atoms with Gasteiger partial charge in [0.25, 0.3) is 0 Å². The molecule has 0 aliphatic rings.